The third-order valence-corrected chi connectivity index (χ3v) is 4.79. The van der Waals surface area contributed by atoms with Crippen LogP contribution in [0.1, 0.15) is 30.1 Å². The summed E-state index contributed by atoms with van der Waals surface area (Å²) < 4.78 is 13.3. The van der Waals surface area contributed by atoms with Gasteiger partial charge in [-0.05, 0) is 61.3 Å². The second-order valence-corrected chi connectivity index (χ2v) is 7.01. The summed E-state index contributed by atoms with van der Waals surface area (Å²) in [5, 5.41) is 5.90. The molecule has 0 bridgehead atoms. The maximum Gasteiger partial charge on any atom is 0.257 e. The molecule has 0 unspecified atom stereocenters. The Balaban J connectivity index is 1.67. The Bertz CT molecular complexity index is 803. The number of nitrogens with one attached hydrogen (secondary N) is 2. The molecule has 6 heteroatoms. The smallest absolute Gasteiger partial charge is 0.257 e. The SMILES string of the molecule is CC1CCN(c2ccccc2NC(=S)NC(=O)c2cccc(F)c2)CC1. The maximum absolute atomic E-state index is 13.3. The summed E-state index contributed by atoms with van der Waals surface area (Å²) in [6, 6.07) is 13.4. The Morgan fingerprint density at radius 3 is 2.62 bits per heavy atom. The summed E-state index contributed by atoms with van der Waals surface area (Å²) in [5.41, 5.74) is 2.15. The minimum Gasteiger partial charge on any atom is -0.370 e. The van der Waals surface area contributed by atoms with E-state index in [2.05, 4.69) is 28.5 Å². The summed E-state index contributed by atoms with van der Waals surface area (Å²) in [4.78, 5) is 14.5. The lowest BCUT2D eigenvalue weighted by atomic mass is 9.98. The van der Waals surface area contributed by atoms with Gasteiger partial charge in [-0.25, -0.2) is 4.39 Å². The molecule has 1 fully saturated rings. The van der Waals surface area contributed by atoms with Crippen molar-refractivity contribution >= 4 is 34.6 Å². The van der Waals surface area contributed by atoms with Gasteiger partial charge in [0.15, 0.2) is 5.11 Å². The average Bonchev–Trinajstić information content (AvgIpc) is 2.63. The van der Waals surface area contributed by atoms with Crippen LogP contribution in [-0.4, -0.2) is 24.1 Å². The minimum atomic E-state index is -0.457. The molecule has 0 atom stereocenters. The van der Waals surface area contributed by atoms with Crippen LogP contribution in [0.2, 0.25) is 0 Å². The topological polar surface area (TPSA) is 44.4 Å². The van der Waals surface area contributed by atoms with Crippen molar-refractivity contribution in [3.05, 3.63) is 59.9 Å². The molecule has 0 spiro atoms. The van der Waals surface area contributed by atoms with Crippen molar-refractivity contribution in [2.24, 2.45) is 5.92 Å². The van der Waals surface area contributed by atoms with Gasteiger partial charge in [-0.2, -0.15) is 0 Å². The van der Waals surface area contributed by atoms with E-state index < -0.39 is 11.7 Å². The first kappa shape index (κ1) is 18.3. The Morgan fingerprint density at radius 1 is 1.15 bits per heavy atom. The van der Waals surface area contributed by atoms with Crippen molar-refractivity contribution in [1.82, 2.24) is 5.32 Å². The minimum absolute atomic E-state index is 0.192. The molecule has 0 radical (unpaired) electrons. The van der Waals surface area contributed by atoms with Crippen LogP contribution in [0, 0.1) is 11.7 Å². The fourth-order valence-corrected chi connectivity index (χ4v) is 3.27. The molecule has 1 saturated heterocycles. The quantitative estimate of drug-likeness (QED) is 0.794. The first-order valence-corrected chi connectivity index (χ1v) is 9.15. The molecule has 1 heterocycles. The zero-order valence-corrected chi connectivity index (χ0v) is 15.5. The normalized spacial score (nSPS) is 14.8. The molecule has 0 saturated carbocycles. The van der Waals surface area contributed by atoms with Gasteiger partial charge in [0, 0.05) is 18.7 Å². The number of hydrogen-bond donors (Lipinski definition) is 2. The van der Waals surface area contributed by atoms with E-state index in [1.807, 2.05) is 18.2 Å². The first-order valence-electron chi connectivity index (χ1n) is 8.75. The van der Waals surface area contributed by atoms with Crippen molar-refractivity contribution in [3.8, 4) is 0 Å². The Morgan fingerprint density at radius 2 is 1.88 bits per heavy atom. The third kappa shape index (κ3) is 4.58. The molecular formula is C20H22FN3OS. The van der Waals surface area contributed by atoms with Crippen molar-refractivity contribution in [2.45, 2.75) is 19.8 Å². The highest BCUT2D eigenvalue weighted by Gasteiger charge is 2.18. The number of nitrogens with zero attached hydrogens (tertiary/aromatic N) is 1. The van der Waals surface area contributed by atoms with E-state index in [0.717, 1.165) is 43.2 Å². The summed E-state index contributed by atoms with van der Waals surface area (Å²) in [7, 11) is 0. The van der Waals surface area contributed by atoms with Gasteiger partial charge in [-0.1, -0.05) is 25.1 Å². The number of benzene rings is 2. The van der Waals surface area contributed by atoms with Crippen LogP contribution in [0.5, 0.6) is 0 Å². The lowest BCUT2D eigenvalue weighted by molar-refractivity contribution is 0.0977. The second kappa shape index (κ2) is 8.27. The first-order chi connectivity index (χ1) is 12.5. The number of thiocarbonyl (C=S) groups is 1. The Kier molecular flexibility index (Phi) is 5.83. The molecular weight excluding hydrogens is 349 g/mol. The monoisotopic (exact) mass is 371 g/mol. The third-order valence-electron chi connectivity index (χ3n) is 4.59. The molecule has 0 aliphatic carbocycles. The van der Waals surface area contributed by atoms with Crippen molar-refractivity contribution < 1.29 is 9.18 Å². The highest BCUT2D eigenvalue weighted by molar-refractivity contribution is 7.80. The van der Waals surface area contributed by atoms with E-state index >= 15 is 0 Å². The standard InChI is InChI=1S/C20H22FN3OS/c1-14-9-11-24(12-10-14)18-8-3-2-7-17(18)22-20(26)23-19(25)15-5-4-6-16(21)13-15/h2-8,13-14H,9-12H2,1H3,(H2,22,23,25,26). The number of carbonyl (C=O) groups is 1. The molecule has 2 N–H and O–H groups in total. The molecule has 3 rings (SSSR count). The number of carbonyl (C=O) groups excluding carboxylic acids is 1. The van der Waals surface area contributed by atoms with Crippen LogP contribution in [0.25, 0.3) is 0 Å². The van der Waals surface area contributed by atoms with Crippen LogP contribution in [0.4, 0.5) is 15.8 Å². The number of piperidine rings is 1. The second-order valence-electron chi connectivity index (χ2n) is 6.61. The van der Waals surface area contributed by atoms with Gasteiger partial charge in [-0.3, -0.25) is 10.1 Å². The molecule has 1 aliphatic rings. The number of para-hydroxylation sites is 2. The zero-order valence-electron chi connectivity index (χ0n) is 14.7. The van der Waals surface area contributed by atoms with E-state index in [1.54, 1.807) is 6.07 Å². The number of hydrogen-bond acceptors (Lipinski definition) is 3. The van der Waals surface area contributed by atoms with Crippen molar-refractivity contribution in [1.29, 1.82) is 0 Å². The number of halogens is 1. The molecule has 1 aliphatic heterocycles. The molecule has 0 aromatic heterocycles. The highest BCUT2D eigenvalue weighted by atomic mass is 32.1. The average molecular weight is 371 g/mol. The molecule has 1 amide bonds. The summed E-state index contributed by atoms with van der Waals surface area (Å²) in [6.07, 6.45) is 2.32. The van der Waals surface area contributed by atoms with Gasteiger partial charge in [0.05, 0.1) is 11.4 Å². The van der Waals surface area contributed by atoms with Gasteiger partial charge in [0.2, 0.25) is 0 Å². The van der Waals surface area contributed by atoms with Gasteiger partial charge in [-0.15, -0.1) is 0 Å². The molecule has 4 nitrogen and oxygen atoms in total. The van der Waals surface area contributed by atoms with E-state index in [0.29, 0.717) is 0 Å². The van der Waals surface area contributed by atoms with Crippen LogP contribution < -0.4 is 15.5 Å². The van der Waals surface area contributed by atoms with Crippen LogP contribution in [-0.2, 0) is 0 Å². The lowest BCUT2D eigenvalue weighted by Crippen LogP contribution is -2.36. The van der Waals surface area contributed by atoms with Crippen molar-refractivity contribution in [2.75, 3.05) is 23.3 Å². The fraction of sp³-hybridized carbons (Fsp3) is 0.300. The Hall–Kier alpha value is -2.47. The summed E-state index contributed by atoms with van der Waals surface area (Å²) >= 11 is 5.27. The number of amides is 1. The van der Waals surface area contributed by atoms with Crippen LogP contribution in [0.3, 0.4) is 0 Å². The van der Waals surface area contributed by atoms with Gasteiger partial charge < -0.3 is 10.2 Å². The summed E-state index contributed by atoms with van der Waals surface area (Å²) in [6.45, 7) is 4.28. The lowest BCUT2D eigenvalue weighted by Gasteiger charge is -2.33. The van der Waals surface area contributed by atoms with Gasteiger partial charge in [0.25, 0.3) is 5.91 Å². The van der Waals surface area contributed by atoms with Gasteiger partial charge in [0.1, 0.15) is 5.82 Å². The zero-order chi connectivity index (χ0) is 18.5. The molecule has 136 valence electrons. The largest absolute Gasteiger partial charge is 0.370 e. The molecule has 2 aromatic carbocycles. The van der Waals surface area contributed by atoms with E-state index in [-0.39, 0.29) is 10.7 Å². The van der Waals surface area contributed by atoms with Crippen LogP contribution >= 0.6 is 12.2 Å². The maximum atomic E-state index is 13.3. The highest BCUT2D eigenvalue weighted by Crippen LogP contribution is 2.29. The van der Waals surface area contributed by atoms with E-state index in [1.165, 1.54) is 18.2 Å². The molecule has 2 aromatic rings. The predicted molar refractivity (Wildman–Crippen MR) is 107 cm³/mol. The summed E-state index contributed by atoms with van der Waals surface area (Å²) in [5.74, 6) is -0.148. The van der Waals surface area contributed by atoms with Crippen molar-refractivity contribution in [3.63, 3.8) is 0 Å². The predicted octanol–water partition coefficient (Wildman–Crippen LogP) is 4.19. The molecule has 26 heavy (non-hydrogen) atoms. The van der Waals surface area contributed by atoms with Crippen LogP contribution in [0.15, 0.2) is 48.5 Å². The number of rotatable bonds is 3. The van der Waals surface area contributed by atoms with Gasteiger partial charge >= 0.3 is 0 Å². The number of anilines is 2. The van der Waals surface area contributed by atoms with E-state index in [4.69, 9.17) is 12.2 Å². The van der Waals surface area contributed by atoms with E-state index in [9.17, 15) is 9.18 Å². The Labute approximate surface area is 158 Å². The fourth-order valence-electron chi connectivity index (χ4n) is 3.06.